The minimum absolute atomic E-state index is 0.0704. The Morgan fingerprint density at radius 1 is 0.577 bits per heavy atom. The number of aliphatic hydroxyl groups is 17. The van der Waals surface area contributed by atoms with Gasteiger partial charge in [-0.15, -0.1) is 0 Å². The molecule has 9 fully saturated rings. The Hall–Kier alpha value is -1.83. The summed E-state index contributed by atoms with van der Waals surface area (Å²) in [6.45, 7) is 4.38. The van der Waals surface area contributed by atoms with Gasteiger partial charge in [-0.05, 0) is 86.5 Å². The van der Waals surface area contributed by atoms with E-state index in [1.54, 1.807) is 6.92 Å². The molecular weight excluding hydrogens is 1050 g/mol. The maximum Gasteiger partial charge on any atom is 0.314 e. The zero-order valence-corrected chi connectivity index (χ0v) is 43.3. The van der Waals surface area contributed by atoms with E-state index in [1.807, 2.05) is 0 Å². The Labute approximate surface area is 448 Å². The molecule has 17 N–H and O–H groups in total. The Kier molecular flexibility index (Phi) is 17.9. The maximum absolute atomic E-state index is 14.9. The standard InChI is InChI=1S/C50H80O28/c1-19-11-48-9-5-25-46(2,7-4-8-47(25,3)45(67)76-43-39(34(63)30(59)24(16-54)73-43)75-42-37(66)33(62)29(58)23(15-53)72-42)26(48)6-10-49(19,17-48)77-44-38(74-41-36(65)32(61)28(57)22(14-52)71-41)20(55)12-50(68,78-44)18-69-40-35(64)31(60)27(56)21(13-51)70-40/h20-44,51-66,68H,1,4-18H2,2-3H3/t20?,21?,22?,23?,24?,25?,26-,27?,28?,29?,30?,31?,32?,33?,34?,35?,36?,37?,38?,39?,40?,41?,42?,43?,44?,46+,47+,48?,49?,50?/m0/s1. The number of aliphatic hydroxyl groups excluding tert-OH is 16. The number of hydrogen-bond acceptors (Lipinski definition) is 28. The van der Waals surface area contributed by atoms with Crippen molar-refractivity contribution in [2.24, 2.45) is 28.1 Å². The first-order valence-corrected chi connectivity index (χ1v) is 26.9. The highest BCUT2D eigenvalue weighted by molar-refractivity contribution is 5.77. The molecule has 4 saturated carbocycles. The minimum Gasteiger partial charge on any atom is -0.432 e. The molecule has 30 atom stereocenters. The van der Waals surface area contributed by atoms with E-state index in [4.69, 9.17) is 47.4 Å². The normalized spacial score (nSPS) is 54.5. The molecule has 9 aliphatic rings. The van der Waals surface area contributed by atoms with Crippen LogP contribution in [0.4, 0.5) is 0 Å². The molecule has 27 unspecified atom stereocenters. The van der Waals surface area contributed by atoms with E-state index >= 15 is 0 Å². The summed E-state index contributed by atoms with van der Waals surface area (Å²) in [6, 6.07) is 0. The number of ether oxygens (including phenoxy) is 10. The van der Waals surface area contributed by atoms with Crippen LogP contribution in [-0.2, 0) is 52.2 Å². The number of carbonyl (C=O) groups is 1. The summed E-state index contributed by atoms with van der Waals surface area (Å²) in [5.74, 6) is -3.61. The Morgan fingerprint density at radius 3 is 1.62 bits per heavy atom. The average Bonchev–Trinajstić information content (AvgIpc) is 3.87. The molecule has 2 bridgehead atoms. The fourth-order valence-electron chi connectivity index (χ4n) is 14.9. The molecule has 4 aliphatic carbocycles. The lowest BCUT2D eigenvalue weighted by Gasteiger charge is -2.64. The van der Waals surface area contributed by atoms with Crippen molar-refractivity contribution in [2.75, 3.05) is 33.0 Å². The van der Waals surface area contributed by atoms with Crippen LogP contribution in [0.5, 0.6) is 0 Å². The van der Waals surface area contributed by atoms with Gasteiger partial charge < -0.3 is 134 Å². The van der Waals surface area contributed by atoms with E-state index in [1.165, 1.54) is 0 Å². The molecule has 5 aliphatic heterocycles. The molecule has 0 aromatic carbocycles. The van der Waals surface area contributed by atoms with E-state index in [2.05, 4.69) is 13.5 Å². The quantitative estimate of drug-likeness (QED) is 0.0412. The molecule has 0 amide bonds. The highest BCUT2D eigenvalue weighted by atomic mass is 16.8. The lowest BCUT2D eigenvalue weighted by atomic mass is 9.41. The van der Waals surface area contributed by atoms with Gasteiger partial charge in [0.25, 0.3) is 0 Å². The van der Waals surface area contributed by atoms with Crippen molar-refractivity contribution in [2.45, 2.75) is 231 Å². The van der Waals surface area contributed by atoms with Crippen LogP contribution in [0.15, 0.2) is 12.2 Å². The summed E-state index contributed by atoms with van der Waals surface area (Å²) < 4.78 is 59.3. The topological polar surface area (TPSA) is 453 Å². The monoisotopic (exact) mass is 1130 g/mol. The van der Waals surface area contributed by atoms with Gasteiger partial charge in [-0.1, -0.05) is 19.9 Å². The zero-order chi connectivity index (χ0) is 56.8. The van der Waals surface area contributed by atoms with Crippen LogP contribution in [0.2, 0.25) is 0 Å². The first-order chi connectivity index (χ1) is 36.7. The second-order valence-electron chi connectivity index (χ2n) is 23.8. The third-order valence-corrected chi connectivity index (χ3v) is 19.1. The van der Waals surface area contributed by atoms with E-state index < -0.39 is 214 Å². The molecule has 9 rings (SSSR count). The Bertz CT molecular complexity index is 2090. The zero-order valence-electron chi connectivity index (χ0n) is 43.3. The van der Waals surface area contributed by atoms with Gasteiger partial charge in [0.05, 0.1) is 43.5 Å². The summed E-state index contributed by atoms with van der Waals surface area (Å²) in [5, 5.41) is 181. The molecular formula is C50H80O28. The van der Waals surface area contributed by atoms with Gasteiger partial charge in [0.2, 0.25) is 6.29 Å². The number of esters is 1. The van der Waals surface area contributed by atoms with Crippen molar-refractivity contribution in [3.05, 3.63) is 12.2 Å². The SMILES string of the molecule is C=C1CC23CCC4[C@](C)(C(=O)OC5OC(CO)C(O)C(O)C5OC5OC(CO)C(O)C(O)C5O)CCC[C@@]4(C)[C@@H]2CCC1(OC1OC(O)(COC2OC(CO)C(O)C(O)C2O)CC(O)C1OC1OC(CO)C(O)C(O)C1O)C3. The molecule has 28 nitrogen and oxygen atoms in total. The Balaban J connectivity index is 0.944. The van der Waals surface area contributed by atoms with Gasteiger partial charge in [-0.25, -0.2) is 0 Å². The molecule has 1 spiro atoms. The summed E-state index contributed by atoms with van der Waals surface area (Å²) in [5.41, 5.74) is -2.83. The molecule has 448 valence electrons. The van der Waals surface area contributed by atoms with Crippen LogP contribution in [0, 0.1) is 28.1 Å². The summed E-state index contributed by atoms with van der Waals surface area (Å²) >= 11 is 0. The molecule has 0 aromatic rings. The second kappa shape index (κ2) is 23.0. The number of rotatable bonds is 15. The van der Waals surface area contributed by atoms with Crippen LogP contribution < -0.4 is 0 Å². The van der Waals surface area contributed by atoms with Crippen LogP contribution in [0.1, 0.15) is 78.1 Å². The average molecular weight is 1130 g/mol. The van der Waals surface area contributed by atoms with Crippen LogP contribution in [0.25, 0.3) is 0 Å². The molecule has 78 heavy (non-hydrogen) atoms. The predicted molar refractivity (Wildman–Crippen MR) is 251 cm³/mol. The van der Waals surface area contributed by atoms with Crippen molar-refractivity contribution in [1.82, 2.24) is 0 Å². The van der Waals surface area contributed by atoms with Gasteiger partial charge in [0.15, 0.2) is 37.1 Å². The molecule has 0 radical (unpaired) electrons. The van der Waals surface area contributed by atoms with Gasteiger partial charge in [-0.2, -0.15) is 0 Å². The van der Waals surface area contributed by atoms with E-state index in [9.17, 15) is 91.6 Å². The van der Waals surface area contributed by atoms with Crippen molar-refractivity contribution < 1.29 is 139 Å². The summed E-state index contributed by atoms with van der Waals surface area (Å²) in [7, 11) is 0. The highest BCUT2D eigenvalue weighted by Crippen LogP contribution is 2.74. The van der Waals surface area contributed by atoms with E-state index in [0.29, 0.717) is 63.4 Å². The first-order valence-electron chi connectivity index (χ1n) is 26.9. The fraction of sp³-hybridized carbons (Fsp3) is 0.940. The van der Waals surface area contributed by atoms with E-state index in [0.717, 1.165) is 0 Å². The largest absolute Gasteiger partial charge is 0.432 e. The molecule has 28 heteroatoms. The van der Waals surface area contributed by atoms with E-state index in [-0.39, 0.29) is 11.8 Å². The predicted octanol–water partition coefficient (Wildman–Crippen LogP) is -6.94. The highest BCUT2D eigenvalue weighted by Gasteiger charge is 2.70. The second-order valence-corrected chi connectivity index (χ2v) is 23.8. The molecule has 5 saturated heterocycles. The van der Waals surface area contributed by atoms with Crippen LogP contribution >= 0.6 is 0 Å². The molecule has 0 aromatic heterocycles. The first kappa shape index (κ1) is 60.8. The van der Waals surface area contributed by atoms with Crippen LogP contribution in [-0.4, -0.2) is 279 Å². The summed E-state index contributed by atoms with van der Waals surface area (Å²) in [4.78, 5) is 14.9. The number of fused-ring (bicyclic) bond motifs is 3. The van der Waals surface area contributed by atoms with Gasteiger partial charge >= 0.3 is 5.97 Å². The van der Waals surface area contributed by atoms with Crippen molar-refractivity contribution in [3.8, 4) is 0 Å². The summed E-state index contributed by atoms with van der Waals surface area (Å²) in [6.07, 6.45) is -36.3. The third-order valence-electron chi connectivity index (χ3n) is 19.1. The molecule has 5 heterocycles. The van der Waals surface area contributed by atoms with Gasteiger partial charge in [0, 0.05) is 6.42 Å². The lowest BCUT2D eigenvalue weighted by Crippen LogP contribution is -2.65. The maximum atomic E-state index is 14.9. The smallest absolute Gasteiger partial charge is 0.314 e. The van der Waals surface area contributed by atoms with Crippen molar-refractivity contribution in [1.29, 1.82) is 0 Å². The fourth-order valence-corrected chi connectivity index (χ4v) is 14.9. The lowest BCUT2D eigenvalue weighted by molar-refractivity contribution is -0.416. The number of carbonyl (C=O) groups excluding carboxylic acids is 1. The number of hydrogen-bond donors (Lipinski definition) is 17. The van der Waals surface area contributed by atoms with Crippen molar-refractivity contribution >= 4 is 5.97 Å². The Morgan fingerprint density at radius 2 is 1.06 bits per heavy atom. The van der Waals surface area contributed by atoms with Crippen LogP contribution in [0.3, 0.4) is 0 Å². The van der Waals surface area contributed by atoms with Crippen molar-refractivity contribution in [3.63, 3.8) is 0 Å². The third kappa shape index (κ3) is 10.5. The minimum atomic E-state index is -2.47. The van der Waals surface area contributed by atoms with Gasteiger partial charge in [0.1, 0.15) is 104 Å². The van der Waals surface area contributed by atoms with Gasteiger partial charge in [-0.3, -0.25) is 4.79 Å².